The Labute approximate surface area is 111 Å². The molecule has 2 heterocycles. The molecule has 0 aliphatic carbocycles. The van der Waals surface area contributed by atoms with Crippen molar-refractivity contribution >= 4 is 11.3 Å². The van der Waals surface area contributed by atoms with Gasteiger partial charge in [0.1, 0.15) is 5.75 Å². The molecule has 0 amide bonds. The number of para-hydroxylation sites is 1. The van der Waals surface area contributed by atoms with Gasteiger partial charge in [-0.05, 0) is 42.0 Å². The number of rotatable bonds is 2. The summed E-state index contributed by atoms with van der Waals surface area (Å²) in [6.07, 6.45) is 0.994. The second kappa shape index (κ2) is 4.75. The van der Waals surface area contributed by atoms with Gasteiger partial charge in [-0.3, -0.25) is 0 Å². The first kappa shape index (κ1) is 11.8. The summed E-state index contributed by atoms with van der Waals surface area (Å²) in [4.78, 5) is 1.33. The number of ether oxygens (including phenoxy) is 1. The zero-order valence-electron chi connectivity index (χ0n) is 10.4. The fraction of sp³-hybridized carbons (Fsp3) is 0.333. The quantitative estimate of drug-likeness (QED) is 0.894. The molecule has 94 valence electrons. The minimum absolute atomic E-state index is 0.0706. The molecule has 2 unspecified atom stereocenters. The van der Waals surface area contributed by atoms with Gasteiger partial charge >= 0.3 is 0 Å². The Hall–Kier alpha value is -1.32. The van der Waals surface area contributed by atoms with Crippen LogP contribution < -0.4 is 10.5 Å². The number of hydrogen-bond donors (Lipinski definition) is 1. The topological polar surface area (TPSA) is 35.2 Å². The second-order valence-corrected chi connectivity index (χ2v) is 5.86. The van der Waals surface area contributed by atoms with Gasteiger partial charge in [0, 0.05) is 16.8 Å². The molecule has 1 aromatic carbocycles. The number of fused-ring (bicyclic) bond motifs is 1. The molecule has 18 heavy (non-hydrogen) atoms. The van der Waals surface area contributed by atoms with Crippen molar-refractivity contribution in [1.29, 1.82) is 0 Å². The molecule has 3 heteroatoms. The van der Waals surface area contributed by atoms with E-state index in [0.717, 1.165) is 18.8 Å². The van der Waals surface area contributed by atoms with E-state index >= 15 is 0 Å². The Morgan fingerprint density at radius 3 is 2.94 bits per heavy atom. The number of benzene rings is 1. The zero-order valence-corrected chi connectivity index (χ0v) is 11.2. The molecule has 0 bridgehead atoms. The molecule has 2 aromatic rings. The van der Waals surface area contributed by atoms with Gasteiger partial charge in [-0.25, -0.2) is 0 Å². The second-order valence-electron chi connectivity index (χ2n) is 4.74. The Balaban J connectivity index is 1.97. The predicted molar refractivity (Wildman–Crippen MR) is 75.3 cm³/mol. The summed E-state index contributed by atoms with van der Waals surface area (Å²) >= 11 is 1.77. The third-order valence-corrected chi connectivity index (χ3v) is 4.56. The molecule has 0 radical (unpaired) electrons. The van der Waals surface area contributed by atoms with E-state index in [4.69, 9.17) is 10.5 Å². The van der Waals surface area contributed by atoms with Crippen LogP contribution in [0.1, 0.15) is 34.4 Å². The molecule has 2 N–H and O–H groups in total. The van der Waals surface area contributed by atoms with E-state index in [1.165, 1.54) is 16.0 Å². The van der Waals surface area contributed by atoms with Crippen LogP contribution in [0.2, 0.25) is 0 Å². The normalized spacial score (nSPS) is 20.0. The summed E-state index contributed by atoms with van der Waals surface area (Å²) in [6.45, 7) is 2.91. The molecule has 0 saturated carbocycles. The summed E-state index contributed by atoms with van der Waals surface area (Å²) in [5.74, 6) is 1.36. The van der Waals surface area contributed by atoms with Crippen molar-refractivity contribution in [2.75, 3.05) is 6.61 Å². The summed E-state index contributed by atoms with van der Waals surface area (Å²) < 4.78 is 5.70. The van der Waals surface area contributed by atoms with Crippen LogP contribution in [-0.4, -0.2) is 6.61 Å². The first-order valence-corrected chi connectivity index (χ1v) is 7.16. The number of aryl methyl sites for hydroxylation is 1. The summed E-state index contributed by atoms with van der Waals surface area (Å²) in [5.41, 5.74) is 9.01. The average molecular weight is 259 g/mol. The fourth-order valence-corrected chi connectivity index (χ4v) is 3.46. The maximum atomic E-state index is 6.48. The Bertz CT molecular complexity index is 549. The van der Waals surface area contributed by atoms with E-state index in [0.29, 0.717) is 5.92 Å². The van der Waals surface area contributed by atoms with Crippen molar-refractivity contribution in [3.63, 3.8) is 0 Å². The van der Waals surface area contributed by atoms with Gasteiger partial charge in [0.25, 0.3) is 0 Å². The summed E-state index contributed by atoms with van der Waals surface area (Å²) in [6, 6.07) is 10.5. The molecule has 1 aliphatic rings. The standard InChI is InChI=1S/C15H17NOS/c1-10-11(7-9-18-10)15(16)13-6-8-17-14-5-3-2-4-12(13)14/h2-5,7,9,13,15H,6,8,16H2,1H3. The lowest BCUT2D eigenvalue weighted by atomic mass is 9.84. The van der Waals surface area contributed by atoms with E-state index in [-0.39, 0.29) is 6.04 Å². The maximum absolute atomic E-state index is 6.48. The molecule has 0 saturated heterocycles. The largest absolute Gasteiger partial charge is 0.493 e. The smallest absolute Gasteiger partial charge is 0.122 e. The van der Waals surface area contributed by atoms with E-state index < -0.39 is 0 Å². The Kier molecular flexibility index (Phi) is 3.10. The minimum Gasteiger partial charge on any atom is -0.493 e. The molecule has 2 nitrogen and oxygen atoms in total. The van der Waals surface area contributed by atoms with Gasteiger partial charge in [-0.15, -0.1) is 11.3 Å². The minimum atomic E-state index is 0.0706. The highest BCUT2D eigenvalue weighted by Crippen LogP contribution is 2.41. The Morgan fingerprint density at radius 2 is 2.17 bits per heavy atom. The van der Waals surface area contributed by atoms with Crippen LogP contribution in [0, 0.1) is 6.92 Å². The summed E-state index contributed by atoms with van der Waals surface area (Å²) in [7, 11) is 0. The van der Waals surface area contributed by atoms with Gasteiger partial charge in [0.05, 0.1) is 6.61 Å². The van der Waals surface area contributed by atoms with Crippen LogP contribution in [-0.2, 0) is 0 Å². The van der Waals surface area contributed by atoms with Crippen LogP contribution in [0.15, 0.2) is 35.7 Å². The van der Waals surface area contributed by atoms with Crippen molar-refractivity contribution in [2.45, 2.75) is 25.3 Å². The van der Waals surface area contributed by atoms with Gasteiger partial charge < -0.3 is 10.5 Å². The lowest BCUT2D eigenvalue weighted by Crippen LogP contribution is -2.25. The van der Waals surface area contributed by atoms with Crippen LogP contribution in [0.5, 0.6) is 5.75 Å². The molecule has 3 rings (SSSR count). The van der Waals surface area contributed by atoms with Crippen molar-refractivity contribution in [2.24, 2.45) is 5.73 Å². The molecule has 1 aliphatic heterocycles. The molecule has 0 spiro atoms. The number of hydrogen-bond acceptors (Lipinski definition) is 3. The first-order valence-electron chi connectivity index (χ1n) is 6.28. The van der Waals surface area contributed by atoms with Crippen molar-refractivity contribution in [3.05, 3.63) is 51.7 Å². The van der Waals surface area contributed by atoms with Gasteiger partial charge in [0.2, 0.25) is 0 Å². The monoisotopic (exact) mass is 259 g/mol. The van der Waals surface area contributed by atoms with Crippen LogP contribution in [0.25, 0.3) is 0 Å². The maximum Gasteiger partial charge on any atom is 0.122 e. The SMILES string of the molecule is Cc1sccc1C(N)C1CCOc2ccccc21. The lowest BCUT2D eigenvalue weighted by Gasteiger charge is -2.30. The van der Waals surface area contributed by atoms with Crippen LogP contribution in [0.3, 0.4) is 0 Å². The van der Waals surface area contributed by atoms with Crippen molar-refractivity contribution in [3.8, 4) is 5.75 Å². The molecule has 2 atom stereocenters. The highest BCUT2D eigenvalue weighted by atomic mass is 32.1. The van der Waals surface area contributed by atoms with Gasteiger partial charge in [-0.2, -0.15) is 0 Å². The van der Waals surface area contributed by atoms with E-state index in [1.54, 1.807) is 11.3 Å². The highest BCUT2D eigenvalue weighted by molar-refractivity contribution is 7.10. The Morgan fingerprint density at radius 1 is 1.33 bits per heavy atom. The predicted octanol–water partition coefficient (Wildman–Crippen LogP) is 3.62. The van der Waals surface area contributed by atoms with Crippen molar-refractivity contribution in [1.82, 2.24) is 0 Å². The molecule has 1 aromatic heterocycles. The highest BCUT2D eigenvalue weighted by Gasteiger charge is 2.28. The van der Waals surface area contributed by atoms with E-state index in [1.807, 2.05) is 12.1 Å². The molecular formula is C15H17NOS. The first-order chi connectivity index (χ1) is 8.77. The van der Waals surface area contributed by atoms with Gasteiger partial charge in [0.15, 0.2) is 0 Å². The van der Waals surface area contributed by atoms with Crippen LogP contribution >= 0.6 is 11.3 Å². The number of thiophene rings is 1. The van der Waals surface area contributed by atoms with Crippen molar-refractivity contribution < 1.29 is 4.74 Å². The average Bonchev–Trinajstić information content (AvgIpc) is 2.83. The zero-order chi connectivity index (χ0) is 12.5. The van der Waals surface area contributed by atoms with E-state index in [2.05, 4.69) is 30.5 Å². The fourth-order valence-electron chi connectivity index (χ4n) is 2.70. The van der Waals surface area contributed by atoms with E-state index in [9.17, 15) is 0 Å². The molecule has 0 fully saturated rings. The third kappa shape index (κ3) is 1.93. The van der Waals surface area contributed by atoms with Crippen LogP contribution in [0.4, 0.5) is 0 Å². The third-order valence-electron chi connectivity index (χ3n) is 3.70. The summed E-state index contributed by atoms with van der Waals surface area (Å²) in [5, 5.41) is 2.12. The number of nitrogens with two attached hydrogens (primary N) is 1. The lowest BCUT2D eigenvalue weighted by molar-refractivity contribution is 0.255. The molecular weight excluding hydrogens is 242 g/mol. The van der Waals surface area contributed by atoms with Gasteiger partial charge in [-0.1, -0.05) is 18.2 Å².